The molecular formula is C25H25N3O5S. The second kappa shape index (κ2) is 8.64. The molecule has 1 aliphatic rings. The zero-order valence-corrected chi connectivity index (χ0v) is 19.9. The summed E-state index contributed by atoms with van der Waals surface area (Å²) in [5.74, 6) is -0.118. The van der Waals surface area contributed by atoms with Crippen LogP contribution in [0.5, 0.6) is 5.75 Å². The molecule has 1 amide bonds. The molecule has 1 aromatic carbocycles. The monoisotopic (exact) mass is 479 g/mol. The molecule has 0 saturated carbocycles. The Morgan fingerprint density at radius 3 is 2.56 bits per heavy atom. The van der Waals surface area contributed by atoms with Crippen molar-refractivity contribution in [1.29, 1.82) is 0 Å². The Balaban J connectivity index is 1.54. The van der Waals surface area contributed by atoms with Gasteiger partial charge in [0, 0.05) is 18.0 Å². The van der Waals surface area contributed by atoms with Crippen LogP contribution in [0.2, 0.25) is 0 Å². The molecular weight excluding hydrogens is 454 g/mol. The number of hydrogen-bond donors (Lipinski definition) is 2. The molecule has 34 heavy (non-hydrogen) atoms. The van der Waals surface area contributed by atoms with E-state index in [4.69, 9.17) is 0 Å². The number of aromatic hydroxyl groups is 1. The van der Waals surface area contributed by atoms with E-state index in [2.05, 4.69) is 15.3 Å². The minimum Gasteiger partial charge on any atom is -0.506 e. The number of sulfone groups is 1. The maximum atomic E-state index is 13.5. The van der Waals surface area contributed by atoms with E-state index in [1.54, 1.807) is 44.3 Å². The molecule has 1 unspecified atom stereocenters. The number of rotatable bonds is 5. The van der Waals surface area contributed by atoms with Crippen LogP contribution in [0.25, 0.3) is 0 Å². The molecule has 0 aliphatic heterocycles. The van der Waals surface area contributed by atoms with E-state index in [0.29, 0.717) is 46.7 Å². The second-order valence-corrected chi connectivity index (χ2v) is 10.8. The summed E-state index contributed by atoms with van der Waals surface area (Å²) in [7, 11) is -3.30. The summed E-state index contributed by atoms with van der Waals surface area (Å²) in [5, 5.41) is 13.0. The van der Waals surface area contributed by atoms with Crippen LogP contribution in [-0.4, -0.2) is 41.4 Å². The second-order valence-electron chi connectivity index (χ2n) is 8.82. The molecule has 0 fully saturated rings. The van der Waals surface area contributed by atoms with Gasteiger partial charge in [-0.15, -0.1) is 0 Å². The van der Waals surface area contributed by atoms with Gasteiger partial charge in [-0.1, -0.05) is 12.1 Å². The smallest absolute Gasteiger partial charge is 0.229 e. The molecule has 0 bridgehead atoms. The van der Waals surface area contributed by atoms with Gasteiger partial charge in [-0.25, -0.2) is 13.4 Å². The third kappa shape index (κ3) is 4.43. The van der Waals surface area contributed by atoms with Crippen molar-refractivity contribution in [2.45, 2.75) is 43.4 Å². The molecule has 2 heterocycles. The van der Waals surface area contributed by atoms with Crippen molar-refractivity contribution in [3.05, 3.63) is 76.7 Å². The van der Waals surface area contributed by atoms with Crippen molar-refractivity contribution in [3.8, 4) is 5.75 Å². The van der Waals surface area contributed by atoms with Crippen molar-refractivity contribution < 1.29 is 23.1 Å². The first-order valence-corrected chi connectivity index (χ1v) is 12.7. The number of nitrogens with one attached hydrogen (secondary N) is 1. The molecule has 4 rings (SSSR count). The number of pyridine rings is 2. The van der Waals surface area contributed by atoms with E-state index in [1.165, 1.54) is 18.2 Å². The number of hydrogen-bond acceptors (Lipinski definition) is 7. The summed E-state index contributed by atoms with van der Waals surface area (Å²) in [6, 6.07) is 11.0. The fourth-order valence-corrected chi connectivity index (χ4v) is 4.96. The first-order chi connectivity index (χ1) is 16.0. The number of Topliss-reactive ketones (excluding diaryl/α,β-unsaturated/α-hetero) is 1. The quantitative estimate of drug-likeness (QED) is 0.576. The molecule has 1 aliphatic carbocycles. The molecule has 0 spiro atoms. The van der Waals surface area contributed by atoms with Crippen LogP contribution < -0.4 is 5.32 Å². The number of carbonyl (C=O) groups is 2. The van der Waals surface area contributed by atoms with E-state index in [-0.39, 0.29) is 28.8 Å². The van der Waals surface area contributed by atoms with Crippen LogP contribution in [0, 0.1) is 6.92 Å². The Morgan fingerprint density at radius 2 is 1.91 bits per heavy atom. The number of aromatic nitrogens is 2. The maximum absolute atomic E-state index is 13.5. The molecule has 1 atom stereocenters. The van der Waals surface area contributed by atoms with Crippen molar-refractivity contribution in [2.75, 3.05) is 11.6 Å². The van der Waals surface area contributed by atoms with Crippen molar-refractivity contribution >= 4 is 27.3 Å². The van der Waals surface area contributed by atoms with Gasteiger partial charge in [0.2, 0.25) is 5.91 Å². The minimum absolute atomic E-state index is 0.0131. The summed E-state index contributed by atoms with van der Waals surface area (Å²) < 4.78 is 23.2. The first-order valence-electron chi connectivity index (χ1n) is 10.8. The molecule has 9 heteroatoms. The van der Waals surface area contributed by atoms with Gasteiger partial charge < -0.3 is 10.4 Å². The highest BCUT2D eigenvalue weighted by molar-refractivity contribution is 7.90. The van der Waals surface area contributed by atoms with E-state index in [1.807, 2.05) is 0 Å². The zero-order valence-electron chi connectivity index (χ0n) is 19.1. The highest BCUT2D eigenvalue weighted by atomic mass is 32.2. The predicted molar refractivity (Wildman–Crippen MR) is 127 cm³/mol. The van der Waals surface area contributed by atoms with Gasteiger partial charge in [-0.2, -0.15) is 0 Å². The number of fused-ring (bicyclic) bond motifs is 1. The summed E-state index contributed by atoms with van der Waals surface area (Å²) >= 11 is 0. The van der Waals surface area contributed by atoms with Gasteiger partial charge in [0.05, 0.1) is 28.1 Å². The van der Waals surface area contributed by atoms with Crippen molar-refractivity contribution in [2.24, 2.45) is 0 Å². The highest BCUT2D eigenvalue weighted by Crippen LogP contribution is 2.41. The van der Waals surface area contributed by atoms with Gasteiger partial charge in [0.15, 0.2) is 15.6 Å². The zero-order chi connectivity index (χ0) is 24.7. The van der Waals surface area contributed by atoms with E-state index in [0.717, 1.165) is 6.26 Å². The van der Waals surface area contributed by atoms with E-state index in [9.17, 15) is 23.1 Å². The fourth-order valence-electron chi connectivity index (χ4n) is 4.33. The summed E-state index contributed by atoms with van der Waals surface area (Å²) in [4.78, 5) is 35.0. The lowest BCUT2D eigenvalue weighted by Crippen LogP contribution is -2.39. The maximum Gasteiger partial charge on any atom is 0.229 e. The topological polar surface area (TPSA) is 126 Å². The SMILES string of the molecule is Cc1cc(NC(=O)Cc2ccc(S(C)(=O)=O)cc2)nc2c1C(=O)C(C)(c1ncccc1O)CC2. The van der Waals surface area contributed by atoms with Gasteiger partial charge in [-0.05, 0) is 68.1 Å². The number of amides is 1. The van der Waals surface area contributed by atoms with Gasteiger partial charge in [0.25, 0.3) is 0 Å². The lowest BCUT2D eigenvalue weighted by molar-refractivity contribution is -0.115. The van der Waals surface area contributed by atoms with E-state index < -0.39 is 15.3 Å². The average molecular weight is 480 g/mol. The lowest BCUT2D eigenvalue weighted by Gasteiger charge is -2.33. The molecule has 0 saturated heterocycles. The van der Waals surface area contributed by atoms with Crippen LogP contribution >= 0.6 is 0 Å². The van der Waals surface area contributed by atoms with Crippen LogP contribution in [0.3, 0.4) is 0 Å². The van der Waals surface area contributed by atoms with Crippen LogP contribution in [-0.2, 0) is 32.9 Å². The molecule has 3 aromatic rings. The normalized spacial score (nSPS) is 17.8. The summed E-state index contributed by atoms with van der Waals surface area (Å²) in [5.41, 5.74) is 1.83. The number of nitrogens with zero attached hydrogens (tertiary/aromatic N) is 2. The molecule has 0 radical (unpaired) electrons. The van der Waals surface area contributed by atoms with Crippen molar-refractivity contribution in [3.63, 3.8) is 0 Å². The Morgan fingerprint density at radius 1 is 1.21 bits per heavy atom. The number of aryl methyl sites for hydroxylation is 2. The molecule has 2 N–H and O–H groups in total. The standard InChI is InChI=1S/C25H25N3O5S/c1-15-13-20(28-21(30)14-16-6-8-17(9-7-16)34(3,32)33)27-18-10-11-25(2,24(31)22(15)18)23-19(29)5-4-12-26-23/h4-9,12-13,29H,10-11,14H2,1-3H3,(H,27,28,30). The number of anilines is 1. The highest BCUT2D eigenvalue weighted by Gasteiger charge is 2.44. The third-order valence-corrected chi connectivity index (χ3v) is 7.30. The average Bonchev–Trinajstić information content (AvgIpc) is 2.76. The fraction of sp³-hybridized carbons (Fsp3) is 0.280. The van der Waals surface area contributed by atoms with Gasteiger partial charge in [0.1, 0.15) is 11.6 Å². The van der Waals surface area contributed by atoms with Crippen LogP contribution in [0.15, 0.2) is 53.6 Å². The lowest BCUT2D eigenvalue weighted by atomic mass is 9.69. The first kappa shape index (κ1) is 23.6. The predicted octanol–water partition coefficient (Wildman–Crippen LogP) is 3.16. The van der Waals surface area contributed by atoms with Crippen LogP contribution in [0.1, 0.15) is 46.2 Å². The largest absolute Gasteiger partial charge is 0.506 e. The Labute approximate surface area is 198 Å². The van der Waals surface area contributed by atoms with Crippen molar-refractivity contribution in [1.82, 2.24) is 9.97 Å². The molecule has 176 valence electrons. The summed E-state index contributed by atoms with van der Waals surface area (Å²) in [6.45, 7) is 3.58. The Hall–Kier alpha value is -3.59. The molecule has 2 aromatic heterocycles. The minimum atomic E-state index is -3.30. The Kier molecular flexibility index (Phi) is 5.99. The Bertz CT molecular complexity index is 1400. The number of benzene rings is 1. The third-order valence-electron chi connectivity index (χ3n) is 6.17. The number of carbonyl (C=O) groups excluding carboxylic acids is 2. The van der Waals surface area contributed by atoms with Crippen LogP contribution in [0.4, 0.5) is 5.82 Å². The van der Waals surface area contributed by atoms with E-state index >= 15 is 0 Å². The summed E-state index contributed by atoms with van der Waals surface area (Å²) in [6.07, 6.45) is 3.66. The molecule has 8 nitrogen and oxygen atoms in total. The van der Waals surface area contributed by atoms with Gasteiger partial charge in [-0.3, -0.25) is 14.6 Å². The van der Waals surface area contributed by atoms with Gasteiger partial charge >= 0.3 is 0 Å². The number of ketones is 1.